The molecule has 1 aromatic carbocycles. The molecule has 5 rings (SSSR count). The van der Waals surface area contributed by atoms with Gasteiger partial charge in [0.2, 0.25) is 5.91 Å². The molecular weight excluding hydrogens is 448 g/mol. The number of amides is 1. The second-order valence-electron chi connectivity index (χ2n) is 9.85. The molecule has 34 heavy (non-hydrogen) atoms. The van der Waals surface area contributed by atoms with E-state index in [1.165, 1.54) is 11.3 Å². The van der Waals surface area contributed by atoms with Crippen molar-refractivity contribution in [2.24, 2.45) is 0 Å². The van der Waals surface area contributed by atoms with Crippen LogP contribution in [-0.2, 0) is 11.2 Å². The number of piperazine rings is 1. The molecular formula is C26H35ClN6O. The molecule has 2 fully saturated rings. The van der Waals surface area contributed by atoms with Gasteiger partial charge in [0.1, 0.15) is 12.1 Å². The Bertz CT molecular complexity index is 985. The van der Waals surface area contributed by atoms with Crippen molar-refractivity contribution < 1.29 is 4.79 Å². The molecule has 1 unspecified atom stereocenters. The fraction of sp³-hybridized carbons (Fsp3) is 0.577. The number of nitrogens with one attached hydrogen (secondary N) is 2. The number of aromatic nitrogens is 2. The number of carbonyl (C=O) groups is 1. The van der Waals surface area contributed by atoms with E-state index in [2.05, 4.69) is 32.4 Å². The number of nitrogens with zero attached hydrogens (tertiary/aromatic N) is 4. The van der Waals surface area contributed by atoms with Gasteiger partial charge in [0, 0.05) is 55.0 Å². The molecule has 2 aliphatic heterocycles. The van der Waals surface area contributed by atoms with Crippen LogP contribution >= 0.6 is 11.6 Å². The van der Waals surface area contributed by atoms with Crippen molar-refractivity contribution in [3.8, 4) is 0 Å². The fourth-order valence-electron chi connectivity index (χ4n) is 5.59. The summed E-state index contributed by atoms with van der Waals surface area (Å²) in [4.78, 5) is 27.3. The molecule has 2 aromatic rings. The lowest BCUT2D eigenvalue weighted by molar-refractivity contribution is -0.133. The zero-order valence-electron chi connectivity index (χ0n) is 20.0. The summed E-state index contributed by atoms with van der Waals surface area (Å²) >= 11 is 6.13. The van der Waals surface area contributed by atoms with E-state index in [-0.39, 0.29) is 11.8 Å². The molecule has 1 aliphatic carbocycles. The van der Waals surface area contributed by atoms with Gasteiger partial charge in [-0.1, -0.05) is 30.7 Å². The van der Waals surface area contributed by atoms with Gasteiger partial charge >= 0.3 is 0 Å². The number of benzene rings is 1. The van der Waals surface area contributed by atoms with Crippen LogP contribution in [0, 0.1) is 0 Å². The average Bonchev–Trinajstić information content (AvgIpc) is 3.27. The summed E-state index contributed by atoms with van der Waals surface area (Å²) in [6.45, 7) is 8.02. The maximum atomic E-state index is 13.7. The molecule has 0 saturated carbocycles. The highest BCUT2D eigenvalue weighted by atomic mass is 35.5. The number of aryl methyl sites for hydroxylation is 1. The lowest BCUT2D eigenvalue weighted by atomic mass is 9.95. The molecule has 8 heteroatoms. The molecule has 1 aromatic heterocycles. The van der Waals surface area contributed by atoms with Crippen molar-refractivity contribution in [3.05, 3.63) is 52.4 Å². The Hall–Kier alpha value is -2.22. The van der Waals surface area contributed by atoms with Gasteiger partial charge in [-0.15, -0.1) is 0 Å². The minimum Gasteiger partial charge on any atom is -0.353 e. The summed E-state index contributed by atoms with van der Waals surface area (Å²) in [5.41, 5.74) is 3.54. The molecule has 182 valence electrons. The van der Waals surface area contributed by atoms with Gasteiger partial charge < -0.3 is 20.4 Å². The van der Waals surface area contributed by atoms with Gasteiger partial charge in [-0.05, 0) is 62.4 Å². The quantitative estimate of drug-likeness (QED) is 0.659. The predicted octanol–water partition coefficient (Wildman–Crippen LogP) is 2.95. The van der Waals surface area contributed by atoms with Crippen molar-refractivity contribution in [2.75, 3.05) is 50.7 Å². The minimum absolute atomic E-state index is 0.199. The third-order valence-corrected chi connectivity index (χ3v) is 7.92. The lowest BCUT2D eigenvalue weighted by Gasteiger charge is -2.38. The number of hydrogen-bond donors (Lipinski definition) is 2. The lowest BCUT2D eigenvalue weighted by Crippen LogP contribution is -2.52. The summed E-state index contributed by atoms with van der Waals surface area (Å²) < 4.78 is 0. The highest BCUT2D eigenvalue weighted by Gasteiger charge is 2.32. The zero-order chi connectivity index (χ0) is 23.5. The van der Waals surface area contributed by atoms with Crippen LogP contribution in [0.5, 0.6) is 0 Å². The van der Waals surface area contributed by atoms with Crippen molar-refractivity contribution in [2.45, 2.75) is 50.5 Å². The molecule has 7 nitrogen and oxygen atoms in total. The maximum absolute atomic E-state index is 13.7. The molecule has 2 N–H and O–H groups in total. The Morgan fingerprint density at radius 1 is 1.12 bits per heavy atom. The van der Waals surface area contributed by atoms with Gasteiger partial charge in [-0.2, -0.15) is 0 Å². The first kappa shape index (κ1) is 23.5. The summed E-state index contributed by atoms with van der Waals surface area (Å²) in [7, 11) is 0. The Morgan fingerprint density at radius 3 is 2.59 bits per heavy atom. The smallest absolute Gasteiger partial charge is 0.231 e. The number of fused-ring (bicyclic) bond motifs is 1. The highest BCUT2D eigenvalue weighted by molar-refractivity contribution is 6.30. The van der Waals surface area contributed by atoms with Gasteiger partial charge in [0.25, 0.3) is 0 Å². The number of halogens is 1. The minimum atomic E-state index is -0.206. The standard InChI is InChI=1S/C26H35ClN6O/c1-18-2-7-23-24(18)25(31-17-30-23)32-12-14-33(15-13-32)26(34)22(19-3-5-20(27)6-4-19)16-29-21-8-10-28-11-9-21/h3-6,17-18,21-22,28-29H,2,7-16H2,1H3/t18-,22?/m1/s1. The van der Waals surface area contributed by atoms with E-state index >= 15 is 0 Å². The first-order chi connectivity index (χ1) is 16.6. The zero-order valence-corrected chi connectivity index (χ0v) is 20.7. The molecule has 0 spiro atoms. The first-order valence-corrected chi connectivity index (χ1v) is 13.0. The monoisotopic (exact) mass is 482 g/mol. The SMILES string of the molecule is C[C@@H]1CCc2ncnc(N3CCN(C(=O)C(CNC4CCNCC4)c4ccc(Cl)cc4)CC3)c21. The fourth-order valence-corrected chi connectivity index (χ4v) is 5.71. The maximum Gasteiger partial charge on any atom is 0.231 e. The van der Waals surface area contributed by atoms with Gasteiger partial charge in [-0.25, -0.2) is 9.97 Å². The van der Waals surface area contributed by atoms with Crippen LogP contribution in [0.1, 0.15) is 54.8 Å². The summed E-state index contributed by atoms with van der Waals surface area (Å²) in [5.74, 6) is 1.57. The summed E-state index contributed by atoms with van der Waals surface area (Å²) in [5, 5.41) is 7.78. The van der Waals surface area contributed by atoms with E-state index in [1.807, 2.05) is 29.2 Å². The van der Waals surface area contributed by atoms with E-state index in [0.29, 0.717) is 36.6 Å². The highest BCUT2D eigenvalue weighted by Crippen LogP contribution is 2.37. The number of carbonyl (C=O) groups excluding carboxylic acids is 1. The largest absolute Gasteiger partial charge is 0.353 e. The second kappa shape index (κ2) is 10.6. The normalized spacial score (nSPS) is 22.0. The van der Waals surface area contributed by atoms with E-state index in [9.17, 15) is 4.79 Å². The van der Waals surface area contributed by atoms with Gasteiger partial charge in [0.05, 0.1) is 5.92 Å². The van der Waals surface area contributed by atoms with Crippen molar-refractivity contribution >= 4 is 23.3 Å². The van der Waals surface area contributed by atoms with Crippen molar-refractivity contribution in [3.63, 3.8) is 0 Å². The molecule has 2 saturated heterocycles. The Morgan fingerprint density at radius 2 is 1.85 bits per heavy atom. The van der Waals surface area contributed by atoms with Crippen LogP contribution < -0.4 is 15.5 Å². The van der Waals surface area contributed by atoms with Crippen LogP contribution in [-0.4, -0.2) is 72.6 Å². The third-order valence-electron chi connectivity index (χ3n) is 7.66. The van der Waals surface area contributed by atoms with Crippen molar-refractivity contribution in [1.29, 1.82) is 0 Å². The van der Waals surface area contributed by atoms with Gasteiger partial charge in [0.15, 0.2) is 0 Å². The van der Waals surface area contributed by atoms with Crippen LogP contribution in [0.3, 0.4) is 0 Å². The Balaban J connectivity index is 1.27. The van der Waals surface area contributed by atoms with E-state index in [1.54, 1.807) is 6.33 Å². The topological polar surface area (TPSA) is 73.4 Å². The summed E-state index contributed by atoms with van der Waals surface area (Å²) in [6, 6.07) is 8.23. The Labute approximate surface area is 207 Å². The van der Waals surface area contributed by atoms with E-state index in [4.69, 9.17) is 11.6 Å². The number of anilines is 1. The van der Waals surface area contributed by atoms with Crippen LogP contribution in [0.15, 0.2) is 30.6 Å². The molecule has 3 aliphatic rings. The molecule has 0 bridgehead atoms. The van der Waals surface area contributed by atoms with Gasteiger partial charge in [-0.3, -0.25) is 4.79 Å². The first-order valence-electron chi connectivity index (χ1n) is 12.7. The molecule has 2 atom stereocenters. The Kier molecular flexibility index (Phi) is 7.32. The average molecular weight is 483 g/mol. The number of hydrogen-bond acceptors (Lipinski definition) is 6. The molecule has 3 heterocycles. The van der Waals surface area contributed by atoms with E-state index in [0.717, 1.165) is 63.2 Å². The predicted molar refractivity (Wildman–Crippen MR) is 136 cm³/mol. The van der Waals surface area contributed by atoms with Crippen LogP contribution in [0.2, 0.25) is 5.02 Å². The second-order valence-corrected chi connectivity index (χ2v) is 10.3. The molecule has 0 radical (unpaired) electrons. The number of rotatable bonds is 6. The molecule has 1 amide bonds. The third kappa shape index (κ3) is 5.07. The number of piperidine rings is 1. The van der Waals surface area contributed by atoms with Crippen LogP contribution in [0.25, 0.3) is 0 Å². The summed E-state index contributed by atoms with van der Waals surface area (Å²) in [6.07, 6.45) is 6.08. The van der Waals surface area contributed by atoms with Crippen molar-refractivity contribution in [1.82, 2.24) is 25.5 Å². The van der Waals surface area contributed by atoms with E-state index < -0.39 is 0 Å². The van der Waals surface area contributed by atoms with Crippen LogP contribution in [0.4, 0.5) is 5.82 Å².